The van der Waals surface area contributed by atoms with Gasteiger partial charge in [0, 0.05) is 12.4 Å². The lowest BCUT2D eigenvalue weighted by Crippen LogP contribution is -1.90. The van der Waals surface area contributed by atoms with Crippen molar-refractivity contribution in [3.63, 3.8) is 0 Å². The number of alkyl halides is 1. The van der Waals surface area contributed by atoms with E-state index in [9.17, 15) is 0 Å². The molecule has 0 aliphatic heterocycles. The smallest absolute Gasteiger partial charge is 0.203 e. The van der Waals surface area contributed by atoms with Crippen LogP contribution in [0.1, 0.15) is 11.4 Å². The van der Waals surface area contributed by atoms with Gasteiger partial charge in [0.05, 0.1) is 11.4 Å². The molecule has 0 unspecified atom stereocenters. The molecule has 1 aromatic rings. The lowest BCUT2D eigenvalue weighted by Gasteiger charge is -1.95. The number of allylic oxidation sites excluding steroid dienone is 1. The normalized spacial score (nSPS) is 11.0. The fraction of sp³-hybridized carbons (Fsp3) is 0.222. The summed E-state index contributed by atoms with van der Waals surface area (Å²) in [6.07, 6.45) is 5.62. The van der Waals surface area contributed by atoms with Crippen molar-refractivity contribution in [3.05, 3.63) is 29.3 Å². The van der Waals surface area contributed by atoms with E-state index in [1.165, 1.54) is 0 Å². The summed E-state index contributed by atoms with van der Waals surface area (Å²) < 4.78 is 1.79. The Bertz CT molecular complexity index is 342. The van der Waals surface area contributed by atoms with E-state index in [0.717, 1.165) is 16.7 Å². The highest BCUT2D eigenvalue weighted by Crippen LogP contribution is 2.16. The first-order valence-corrected chi connectivity index (χ1v) is 5.27. The Morgan fingerprint density at radius 1 is 1.69 bits per heavy atom. The van der Waals surface area contributed by atoms with Crippen molar-refractivity contribution in [2.75, 3.05) is 5.33 Å². The summed E-state index contributed by atoms with van der Waals surface area (Å²) in [5, 5.41) is 1.28. The zero-order valence-electron chi connectivity index (χ0n) is 7.30. The van der Waals surface area contributed by atoms with Crippen LogP contribution >= 0.6 is 27.5 Å². The average molecular weight is 262 g/mol. The van der Waals surface area contributed by atoms with E-state index in [-0.39, 0.29) is 0 Å². The van der Waals surface area contributed by atoms with Gasteiger partial charge in [0.2, 0.25) is 5.28 Å². The number of halogens is 2. The van der Waals surface area contributed by atoms with Gasteiger partial charge in [-0.1, -0.05) is 28.6 Å². The van der Waals surface area contributed by atoms with Crippen LogP contribution in [0.2, 0.25) is 5.28 Å². The highest BCUT2D eigenvalue weighted by Gasteiger charge is 2.06. The highest BCUT2D eigenvalue weighted by molar-refractivity contribution is 9.09. The van der Waals surface area contributed by atoms with Crippen LogP contribution in [0.3, 0.4) is 0 Å². The van der Waals surface area contributed by atoms with E-state index in [1.807, 2.05) is 19.2 Å². The van der Waals surface area contributed by atoms with Crippen molar-refractivity contribution in [1.29, 1.82) is 0 Å². The minimum absolute atomic E-state index is 0.476. The second-order valence-corrected chi connectivity index (χ2v) is 3.46. The molecule has 1 rings (SSSR count). The third kappa shape index (κ3) is 2.23. The van der Waals surface area contributed by atoms with Gasteiger partial charge < -0.3 is 4.57 Å². The molecule has 0 saturated carbocycles. The average Bonchev–Trinajstić information content (AvgIpc) is 2.39. The van der Waals surface area contributed by atoms with Gasteiger partial charge in [-0.15, -0.1) is 0 Å². The van der Waals surface area contributed by atoms with E-state index < -0.39 is 0 Å². The number of hydrogen-bond acceptors (Lipinski definition) is 1. The van der Waals surface area contributed by atoms with Gasteiger partial charge in [-0.2, -0.15) is 0 Å². The van der Waals surface area contributed by atoms with E-state index in [1.54, 1.807) is 10.6 Å². The SMILES string of the molecule is C=Cc1c(/C=C\CBr)nc(Cl)n1C. The van der Waals surface area contributed by atoms with Gasteiger partial charge in [0.15, 0.2) is 0 Å². The van der Waals surface area contributed by atoms with Gasteiger partial charge in [-0.3, -0.25) is 0 Å². The van der Waals surface area contributed by atoms with Crippen LogP contribution < -0.4 is 0 Å². The van der Waals surface area contributed by atoms with Crippen molar-refractivity contribution in [1.82, 2.24) is 9.55 Å². The summed E-state index contributed by atoms with van der Waals surface area (Å²) in [5.41, 5.74) is 1.78. The Morgan fingerprint density at radius 3 is 2.92 bits per heavy atom. The van der Waals surface area contributed by atoms with Gasteiger partial charge in [0.1, 0.15) is 0 Å². The van der Waals surface area contributed by atoms with Crippen molar-refractivity contribution in [2.45, 2.75) is 0 Å². The first kappa shape index (κ1) is 10.5. The number of aromatic nitrogens is 2. The van der Waals surface area contributed by atoms with E-state index in [4.69, 9.17) is 11.6 Å². The Labute approximate surface area is 91.1 Å². The van der Waals surface area contributed by atoms with E-state index in [0.29, 0.717) is 5.28 Å². The van der Waals surface area contributed by atoms with Gasteiger partial charge in [0.25, 0.3) is 0 Å². The van der Waals surface area contributed by atoms with Gasteiger partial charge in [-0.05, 0) is 23.8 Å². The molecule has 0 aliphatic carbocycles. The van der Waals surface area contributed by atoms with Gasteiger partial charge in [-0.25, -0.2) is 4.98 Å². The highest BCUT2D eigenvalue weighted by atomic mass is 79.9. The molecule has 0 radical (unpaired) electrons. The molecule has 0 fully saturated rings. The Hall–Kier alpha value is -0.540. The lowest BCUT2D eigenvalue weighted by molar-refractivity contribution is 0.903. The number of hydrogen-bond donors (Lipinski definition) is 0. The molecule has 0 bridgehead atoms. The maximum Gasteiger partial charge on any atom is 0.203 e. The number of nitrogens with zero attached hydrogens (tertiary/aromatic N) is 2. The zero-order valence-corrected chi connectivity index (χ0v) is 9.64. The predicted octanol–water partition coefficient (Wildman–Crippen LogP) is 3.12. The van der Waals surface area contributed by atoms with Crippen molar-refractivity contribution >= 4 is 39.7 Å². The molecule has 0 aliphatic rings. The molecule has 0 saturated heterocycles. The minimum atomic E-state index is 0.476. The van der Waals surface area contributed by atoms with Crippen LogP contribution in [-0.2, 0) is 7.05 Å². The first-order chi connectivity index (χ1) is 6.20. The van der Waals surface area contributed by atoms with E-state index >= 15 is 0 Å². The summed E-state index contributed by atoms with van der Waals surface area (Å²) in [5.74, 6) is 0. The fourth-order valence-corrected chi connectivity index (χ4v) is 1.39. The molecule has 70 valence electrons. The molecule has 0 atom stereocenters. The molecule has 0 aromatic carbocycles. The van der Waals surface area contributed by atoms with Crippen LogP contribution in [0.4, 0.5) is 0 Å². The second-order valence-electron chi connectivity index (χ2n) is 2.47. The summed E-state index contributed by atoms with van der Waals surface area (Å²) in [4.78, 5) is 4.17. The van der Waals surface area contributed by atoms with Crippen molar-refractivity contribution in [2.24, 2.45) is 7.05 Å². The van der Waals surface area contributed by atoms with E-state index in [2.05, 4.69) is 27.5 Å². The standard InChI is InChI=1S/C9H10BrClN2/c1-3-8-7(5-4-6-10)12-9(11)13(8)2/h3-5H,1,6H2,2H3/b5-4-. The topological polar surface area (TPSA) is 17.8 Å². The molecule has 0 N–H and O–H groups in total. The third-order valence-electron chi connectivity index (χ3n) is 1.67. The largest absolute Gasteiger partial charge is 0.318 e. The summed E-state index contributed by atoms with van der Waals surface area (Å²) in [6, 6.07) is 0. The Balaban J connectivity index is 3.13. The molecule has 13 heavy (non-hydrogen) atoms. The molecule has 4 heteroatoms. The maximum absolute atomic E-state index is 5.85. The molecule has 0 spiro atoms. The molecular weight excluding hydrogens is 251 g/mol. The van der Waals surface area contributed by atoms with Crippen molar-refractivity contribution < 1.29 is 0 Å². The molecule has 0 amide bonds. The van der Waals surface area contributed by atoms with Crippen LogP contribution in [-0.4, -0.2) is 14.9 Å². The van der Waals surface area contributed by atoms with Gasteiger partial charge >= 0.3 is 0 Å². The quantitative estimate of drug-likeness (QED) is 0.765. The van der Waals surface area contributed by atoms with Crippen LogP contribution in [0, 0.1) is 0 Å². The lowest BCUT2D eigenvalue weighted by atomic mass is 10.3. The molecule has 1 aromatic heterocycles. The monoisotopic (exact) mass is 260 g/mol. The zero-order chi connectivity index (χ0) is 9.84. The second kappa shape index (κ2) is 4.63. The summed E-state index contributed by atoms with van der Waals surface area (Å²) in [7, 11) is 1.86. The molecular formula is C9H10BrClN2. The third-order valence-corrected chi connectivity index (χ3v) is 2.38. The maximum atomic E-state index is 5.85. The first-order valence-electron chi connectivity index (χ1n) is 3.78. The molecule has 2 nitrogen and oxygen atoms in total. The van der Waals surface area contributed by atoms with Crippen LogP contribution in [0.25, 0.3) is 12.2 Å². The number of rotatable bonds is 3. The Morgan fingerprint density at radius 2 is 2.38 bits per heavy atom. The van der Waals surface area contributed by atoms with Crippen LogP contribution in [0.5, 0.6) is 0 Å². The van der Waals surface area contributed by atoms with Crippen LogP contribution in [0.15, 0.2) is 12.7 Å². The van der Waals surface area contributed by atoms with Crippen molar-refractivity contribution in [3.8, 4) is 0 Å². The summed E-state index contributed by atoms with van der Waals surface area (Å²) >= 11 is 9.15. The Kier molecular flexibility index (Phi) is 3.75. The fourth-order valence-electron chi connectivity index (χ4n) is 1.02. The molecule has 1 heterocycles. The predicted molar refractivity (Wildman–Crippen MR) is 61.1 cm³/mol. The number of imidazole rings is 1. The summed E-state index contributed by atoms with van der Waals surface area (Å²) in [6.45, 7) is 3.71. The minimum Gasteiger partial charge on any atom is -0.318 e.